The van der Waals surface area contributed by atoms with Gasteiger partial charge in [-0.2, -0.15) is 0 Å². The highest BCUT2D eigenvalue weighted by atomic mass is 32.2. The maximum Gasteiger partial charge on any atom is 0.291 e. The van der Waals surface area contributed by atoms with Gasteiger partial charge in [-0.05, 0) is 36.5 Å². The third-order valence-corrected chi connectivity index (χ3v) is 7.62. The van der Waals surface area contributed by atoms with E-state index in [4.69, 9.17) is 0 Å². The third-order valence-electron chi connectivity index (χ3n) is 5.11. The molecule has 2 N–H and O–H groups in total. The van der Waals surface area contributed by atoms with E-state index in [2.05, 4.69) is 37.0 Å². The zero-order valence-corrected chi connectivity index (χ0v) is 20.4. The van der Waals surface area contributed by atoms with Crippen LogP contribution in [-0.2, 0) is 0 Å². The number of amides is 3. The Kier molecular flexibility index (Phi) is 7.98. The molecule has 1 fully saturated rings. The smallest absolute Gasteiger partial charge is 0.291 e. The summed E-state index contributed by atoms with van der Waals surface area (Å²) in [5, 5.41) is 8.34. The molecular formula is C21H21N7O3S3. The first-order valence-electron chi connectivity index (χ1n) is 10.4. The van der Waals surface area contributed by atoms with Crippen LogP contribution in [0.25, 0.3) is 0 Å². The summed E-state index contributed by atoms with van der Waals surface area (Å²) in [5.41, 5.74) is 5.60. The Morgan fingerprint density at radius 2 is 1.94 bits per heavy atom. The van der Waals surface area contributed by atoms with Crippen LogP contribution in [0.1, 0.15) is 55.1 Å². The number of piperidine rings is 1. The van der Waals surface area contributed by atoms with Crippen LogP contribution >= 0.6 is 34.6 Å². The summed E-state index contributed by atoms with van der Waals surface area (Å²) in [6, 6.07) is 3.58. The van der Waals surface area contributed by atoms with Gasteiger partial charge in [0.15, 0.2) is 5.69 Å². The van der Waals surface area contributed by atoms with Crippen molar-refractivity contribution >= 4 is 52.4 Å². The average Bonchev–Trinajstić information content (AvgIpc) is 3.59. The van der Waals surface area contributed by atoms with E-state index in [0.717, 1.165) is 29.4 Å². The van der Waals surface area contributed by atoms with E-state index in [9.17, 15) is 14.4 Å². The molecule has 3 aromatic heterocycles. The molecule has 176 valence electrons. The number of aromatic nitrogens is 4. The lowest BCUT2D eigenvalue weighted by Gasteiger charge is -2.31. The van der Waals surface area contributed by atoms with Crippen molar-refractivity contribution in [2.45, 2.75) is 23.8 Å². The third kappa shape index (κ3) is 5.66. The lowest BCUT2D eigenvalue weighted by Crippen LogP contribution is -2.42. The topological polar surface area (TPSA) is 130 Å². The van der Waals surface area contributed by atoms with Crippen LogP contribution in [0.3, 0.4) is 0 Å². The van der Waals surface area contributed by atoms with Gasteiger partial charge in [-0.25, -0.2) is 9.97 Å². The molecule has 1 aliphatic rings. The molecule has 13 heteroatoms. The zero-order chi connectivity index (χ0) is 23.9. The van der Waals surface area contributed by atoms with Crippen LogP contribution in [-0.4, -0.2) is 61.0 Å². The second kappa shape index (κ2) is 11.3. The summed E-state index contributed by atoms with van der Waals surface area (Å²) in [6.45, 7) is 4.92. The number of carbonyl (C=O) groups is 3. The molecule has 0 atom stereocenters. The number of likely N-dealkylation sites (tertiary alicyclic amines) is 1. The maximum absolute atomic E-state index is 13.1. The minimum absolute atomic E-state index is 0.0247. The molecule has 0 spiro atoms. The quantitative estimate of drug-likeness (QED) is 0.279. The molecule has 0 radical (unpaired) electrons. The number of thioether (sulfide) groups is 1. The lowest BCUT2D eigenvalue weighted by atomic mass is 9.97. The standard InChI is InChI=1S/C21H21N7O3S3/c1-2-10-32-20-14(4-3-7-22-20)21(31)28-8-5-13(6-9-28)19-23-15(11-33-19)17(29)25-26-18(30)16-12-34-27-24-16/h2-4,7,11-13H,1,5-6,8-10H2,(H,25,29)(H,26,30). The molecule has 0 unspecified atom stereocenters. The average molecular weight is 516 g/mol. The maximum atomic E-state index is 13.1. The second-order valence-corrected chi connectivity index (χ2v) is 9.80. The van der Waals surface area contributed by atoms with Crippen molar-refractivity contribution in [1.82, 2.24) is 35.3 Å². The minimum atomic E-state index is -0.547. The highest BCUT2D eigenvalue weighted by Gasteiger charge is 2.28. The van der Waals surface area contributed by atoms with Crippen molar-refractivity contribution in [1.29, 1.82) is 0 Å². The summed E-state index contributed by atoms with van der Waals surface area (Å²) < 4.78 is 3.61. The summed E-state index contributed by atoms with van der Waals surface area (Å²) in [4.78, 5) is 47.9. The van der Waals surface area contributed by atoms with Gasteiger partial charge in [-0.1, -0.05) is 10.6 Å². The van der Waals surface area contributed by atoms with Crippen molar-refractivity contribution in [3.05, 3.63) is 63.7 Å². The number of nitrogens with one attached hydrogen (secondary N) is 2. The molecule has 0 aromatic carbocycles. The van der Waals surface area contributed by atoms with Gasteiger partial charge in [0, 0.05) is 41.7 Å². The van der Waals surface area contributed by atoms with Crippen molar-refractivity contribution in [3.63, 3.8) is 0 Å². The first-order chi connectivity index (χ1) is 16.6. The van der Waals surface area contributed by atoms with Gasteiger partial charge < -0.3 is 4.90 Å². The van der Waals surface area contributed by atoms with E-state index in [1.165, 1.54) is 28.5 Å². The van der Waals surface area contributed by atoms with Gasteiger partial charge >= 0.3 is 0 Å². The van der Waals surface area contributed by atoms with Gasteiger partial charge in [-0.3, -0.25) is 25.2 Å². The van der Waals surface area contributed by atoms with Crippen LogP contribution in [0.4, 0.5) is 0 Å². The van der Waals surface area contributed by atoms with Gasteiger partial charge in [0.25, 0.3) is 17.7 Å². The lowest BCUT2D eigenvalue weighted by molar-refractivity contribution is 0.0708. The Hall–Kier alpha value is -3.16. The highest BCUT2D eigenvalue weighted by Crippen LogP contribution is 2.31. The summed E-state index contributed by atoms with van der Waals surface area (Å²) in [6.07, 6.45) is 4.98. The summed E-state index contributed by atoms with van der Waals surface area (Å²) in [5.74, 6) is -0.231. The number of rotatable bonds is 7. The highest BCUT2D eigenvalue weighted by molar-refractivity contribution is 7.99. The Balaban J connectivity index is 1.31. The molecule has 34 heavy (non-hydrogen) atoms. The van der Waals surface area contributed by atoms with Crippen LogP contribution in [0.15, 0.2) is 46.8 Å². The van der Waals surface area contributed by atoms with Crippen molar-refractivity contribution < 1.29 is 14.4 Å². The monoisotopic (exact) mass is 515 g/mol. The van der Waals surface area contributed by atoms with Gasteiger partial charge in [0.1, 0.15) is 10.7 Å². The first kappa shape index (κ1) is 24.0. The number of carbonyl (C=O) groups excluding carboxylic acids is 3. The largest absolute Gasteiger partial charge is 0.339 e. The Labute approximate surface area is 208 Å². The second-order valence-electron chi connectivity index (χ2n) is 7.29. The Bertz CT molecular complexity index is 1170. The summed E-state index contributed by atoms with van der Waals surface area (Å²) in [7, 11) is 0. The Morgan fingerprint density at radius 3 is 2.65 bits per heavy atom. The van der Waals surface area contributed by atoms with Gasteiger partial charge in [-0.15, -0.1) is 34.8 Å². The number of hydrazine groups is 1. The van der Waals surface area contributed by atoms with E-state index in [0.29, 0.717) is 29.4 Å². The van der Waals surface area contributed by atoms with Crippen LogP contribution in [0.2, 0.25) is 0 Å². The Morgan fingerprint density at radius 1 is 1.18 bits per heavy atom. The molecule has 4 heterocycles. The summed E-state index contributed by atoms with van der Waals surface area (Å²) >= 11 is 3.94. The van der Waals surface area contributed by atoms with Gasteiger partial charge in [0.2, 0.25) is 0 Å². The number of pyridine rings is 1. The number of hydrogen-bond donors (Lipinski definition) is 2. The van der Waals surface area contributed by atoms with E-state index >= 15 is 0 Å². The molecule has 3 aromatic rings. The normalized spacial score (nSPS) is 13.9. The molecule has 1 aliphatic heterocycles. The molecule has 0 aliphatic carbocycles. The van der Waals surface area contributed by atoms with Crippen LogP contribution in [0.5, 0.6) is 0 Å². The van der Waals surface area contributed by atoms with E-state index in [1.54, 1.807) is 23.7 Å². The molecular weight excluding hydrogens is 494 g/mol. The van der Waals surface area contributed by atoms with Gasteiger partial charge in [0.05, 0.1) is 10.6 Å². The SMILES string of the molecule is C=CCSc1ncccc1C(=O)N1CCC(c2nc(C(=O)NNC(=O)c3csnn3)cs2)CC1. The minimum Gasteiger partial charge on any atom is -0.339 e. The predicted octanol–water partition coefficient (Wildman–Crippen LogP) is 2.76. The van der Waals surface area contributed by atoms with E-state index in [-0.39, 0.29) is 23.2 Å². The van der Waals surface area contributed by atoms with Crippen LogP contribution in [0, 0.1) is 0 Å². The van der Waals surface area contributed by atoms with Crippen molar-refractivity contribution in [3.8, 4) is 0 Å². The van der Waals surface area contributed by atoms with Crippen LogP contribution < -0.4 is 10.9 Å². The fourth-order valence-electron chi connectivity index (χ4n) is 3.39. The zero-order valence-electron chi connectivity index (χ0n) is 18.0. The number of thiazole rings is 1. The fraction of sp³-hybridized carbons (Fsp3) is 0.286. The fourth-order valence-corrected chi connectivity index (χ4v) is 5.52. The van der Waals surface area contributed by atoms with Crippen molar-refractivity contribution in [2.75, 3.05) is 18.8 Å². The predicted molar refractivity (Wildman–Crippen MR) is 130 cm³/mol. The molecule has 3 amide bonds. The molecule has 0 bridgehead atoms. The molecule has 10 nitrogen and oxygen atoms in total. The van der Waals surface area contributed by atoms with E-state index < -0.39 is 11.8 Å². The number of hydrogen-bond acceptors (Lipinski definition) is 10. The molecule has 4 rings (SSSR count). The van der Waals surface area contributed by atoms with Crippen molar-refractivity contribution in [2.24, 2.45) is 0 Å². The van der Waals surface area contributed by atoms with E-state index in [1.807, 2.05) is 11.0 Å². The first-order valence-corrected chi connectivity index (χ1v) is 13.1. The molecule has 0 saturated carbocycles. The number of nitrogens with zero attached hydrogens (tertiary/aromatic N) is 5. The molecule has 1 saturated heterocycles.